The first-order valence-electron chi connectivity index (χ1n) is 18.0. The standard InChI is InChI=1S/C37H65N3O10/c1-33(2,3)48-30(43)22-38-18-17-37(28-12-14-29(15-13-28)46-26-41,25-39(21-20-38)23-31(44)49-34(4,5)6)40(19-16-36(10,11)47-27-42)24-32(45)50-35(7,8)9/h26-29H,12-25H2,1-11H3/t28?,29?,37-/m1/s1. The van der Waals surface area contributed by atoms with Crippen molar-refractivity contribution in [2.45, 2.75) is 149 Å². The average molecular weight is 712 g/mol. The van der Waals surface area contributed by atoms with Crippen LogP contribution >= 0.6 is 0 Å². The van der Waals surface area contributed by atoms with E-state index in [1.165, 1.54) is 0 Å². The summed E-state index contributed by atoms with van der Waals surface area (Å²) in [7, 11) is 0. The van der Waals surface area contributed by atoms with Gasteiger partial charge < -0.3 is 23.7 Å². The predicted octanol–water partition coefficient (Wildman–Crippen LogP) is 4.13. The fourth-order valence-corrected chi connectivity index (χ4v) is 6.94. The van der Waals surface area contributed by atoms with E-state index in [0.29, 0.717) is 84.2 Å². The molecule has 0 aromatic carbocycles. The Kier molecular flexibility index (Phi) is 15.7. The Morgan fingerprint density at radius 3 is 1.70 bits per heavy atom. The first kappa shape index (κ1) is 43.4. The molecule has 0 radical (unpaired) electrons. The maximum absolute atomic E-state index is 13.7. The number of hydrogen-bond donors (Lipinski definition) is 0. The first-order valence-corrected chi connectivity index (χ1v) is 18.0. The third kappa shape index (κ3) is 15.6. The third-order valence-electron chi connectivity index (χ3n) is 9.04. The van der Waals surface area contributed by atoms with Gasteiger partial charge in [-0.25, -0.2) is 0 Å². The van der Waals surface area contributed by atoms with Gasteiger partial charge in [0.15, 0.2) is 0 Å². The Labute approximate surface area is 300 Å². The molecule has 0 aromatic rings. The van der Waals surface area contributed by atoms with E-state index in [-0.39, 0.29) is 43.6 Å². The summed E-state index contributed by atoms with van der Waals surface area (Å²) in [5.41, 5.74) is -3.55. The van der Waals surface area contributed by atoms with E-state index in [1.54, 1.807) is 0 Å². The van der Waals surface area contributed by atoms with Crippen molar-refractivity contribution in [3.05, 3.63) is 0 Å². The van der Waals surface area contributed by atoms with Crippen LogP contribution in [-0.2, 0) is 47.7 Å². The Morgan fingerprint density at radius 1 is 0.700 bits per heavy atom. The van der Waals surface area contributed by atoms with Crippen LogP contribution in [0.25, 0.3) is 0 Å². The van der Waals surface area contributed by atoms with E-state index >= 15 is 0 Å². The molecule has 0 unspecified atom stereocenters. The second-order valence-corrected chi connectivity index (χ2v) is 17.5. The van der Waals surface area contributed by atoms with E-state index in [4.69, 9.17) is 23.7 Å². The van der Waals surface area contributed by atoms with E-state index < -0.39 is 33.9 Å². The lowest BCUT2D eigenvalue weighted by molar-refractivity contribution is -0.164. The van der Waals surface area contributed by atoms with E-state index in [2.05, 4.69) is 14.7 Å². The van der Waals surface area contributed by atoms with Crippen molar-refractivity contribution in [3.63, 3.8) is 0 Å². The normalized spacial score (nSPS) is 23.3. The number of nitrogens with zero attached hydrogens (tertiary/aromatic N) is 3. The smallest absolute Gasteiger partial charge is 0.320 e. The largest absolute Gasteiger partial charge is 0.465 e. The summed E-state index contributed by atoms with van der Waals surface area (Å²) in [4.78, 5) is 69.0. The van der Waals surface area contributed by atoms with E-state index in [1.807, 2.05) is 76.2 Å². The highest BCUT2D eigenvalue weighted by molar-refractivity contribution is 5.73. The van der Waals surface area contributed by atoms with Gasteiger partial charge in [0.1, 0.15) is 28.5 Å². The van der Waals surface area contributed by atoms with Crippen LogP contribution in [0.15, 0.2) is 0 Å². The van der Waals surface area contributed by atoms with Gasteiger partial charge in [0.05, 0.1) is 19.6 Å². The molecule has 1 aliphatic carbocycles. The predicted molar refractivity (Wildman–Crippen MR) is 188 cm³/mol. The van der Waals surface area contributed by atoms with Crippen LogP contribution in [0.2, 0.25) is 0 Å². The maximum Gasteiger partial charge on any atom is 0.320 e. The molecule has 2 rings (SSSR count). The lowest BCUT2D eigenvalue weighted by Gasteiger charge is -2.54. The van der Waals surface area contributed by atoms with Crippen LogP contribution in [0.3, 0.4) is 0 Å². The molecule has 1 heterocycles. The molecule has 0 aromatic heterocycles. The first-order chi connectivity index (χ1) is 23.0. The minimum absolute atomic E-state index is 0.0168. The number of carbonyl (C=O) groups excluding carboxylic acids is 5. The molecule has 288 valence electrons. The summed E-state index contributed by atoms with van der Waals surface area (Å²) in [5.74, 6) is -1.08. The highest BCUT2D eigenvalue weighted by Gasteiger charge is 2.48. The van der Waals surface area contributed by atoms with Crippen molar-refractivity contribution in [1.82, 2.24) is 14.7 Å². The summed E-state index contributed by atoms with van der Waals surface area (Å²) >= 11 is 0. The molecule has 0 amide bonds. The Balaban J connectivity index is 2.68. The molecule has 0 N–H and O–H groups in total. The SMILES string of the molecule is CC(C)(C)OC(=O)CN1CCN(CC(=O)OC(C)(C)C)C[C@](C2CCC(OC=O)CC2)(N(CCC(C)(C)OC=O)CC(=O)OC(C)(C)C)CC1. The van der Waals surface area contributed by atoms with Crippen LogP contribution in [0.4, 0.5) is 0 Å². The zero-order valence-corrected chi connectivity index (χ0v) is 32.6. The van der Waals surface area contributed by atoms with Gasteiger partial charge in [0.2, 0.25) is 0 Å². The summed E-state index contributed by atoms with van der Waals surface area (Å²) in [5, 5.41) is 0. The minimum atomic E-state index is -0.814. The van der Waals surface area contributed by atoms with Gasteiger partial charge in [0, 0.05) is 38.3 Å². The van der Waals surface area contributed by atoms with Crippen molar-refractivity contribution < 1.29 is 47.7 Å². The average Bonchev–Trinajstić information content (AvgIpc) is 2.92. The molecular formula is C37H65N3O10. The Bertz CT molecular complexity index is 1130. The fourth-order valence-electron chi connectivity index (χ4n) is 6.94. The molecule has 0 bridgehead atoms. The lowest BCUT2D eigenvalue weighted by atomic mass is 9.70. The fraction of sp³-hybridized carbons (Fsp3) is 0.865. The van der Waals surface area contributed by atoms with Crippen molar-refractivity contribution >= 4 is 30.9 Å². The summed E-state index contributed by atoms with van der Waals surface area (Å²) in [6.45, 7) is 23.5. The van der Waals surface area contributed by atoms with Crippen LogP contribution in [0.1, 0.15) is 115 Å². The maximum atomic E-state index is 13.7. The number of ether oxygens (including phenoxy) is 5. The molecule has 2 fully saturated rings. The van der Waals surface area contributed by atoms with Gasteiger partial charge in [0.25, 0.3) is 12.9 Å². The molecule has 1 saturated carbocycles. The molecule has 13 nitrogen and oxygen atoms in total. The molecule has 0 spiro atoms. The molecule has 1 saturated heterocycles. The van der Waals surface area contributed by atoms with E-state index in [9.17, 15) is 24.0 Å². The molecule has 1 atom stereocenters. The van der Waals surface area contributed by atoms with Gasteiger partial charge in [-0.05, 0) is 121 Å². The van der Waals surface area contributed by atoms with Gasteiger partial charge in [-0.3, -0.25) is 38.7 Å². The van der Waals surface area contributed by atoms with Gasteiger partial charge in [-0.2, -0.15) is 0 Å². The van der Waals surface area contributed by atoms with E-state index in [0.717, 1.165) is 0 Å². The number of esters is 3. The van der Waals surface area contributed by atoms with Crippen LogP contribution < -0.4 is 0 Å². The molecule has 2 aliphatic rings. The highest BCUT2D eigenvalue weighted by Crippen LogP contribution is 2.42. The molecule has 13 heteroatoms. The summed E-state index contributed by atoms with van der Waals surface area (Å²) < 4.78 is 28.1. The second kappa shape index (κ2) is 18.1. The van der Waals surface area contributed by atoms with Crippen molar-refractivity contribution in [2.75, 3.05) is 52.4 Å². The van der Waals surface area contributed by atoms with Gasteiger partial charge in [-0.1, -0.05) is 0 Å². The minimum Gasteiger partial charge on any atom is -0.465 e. The number of rotatable bonds is 15. The third-order valence-corrected chi connectivity index (χ3v) is 9.04. The number of carbonyl (C=O) groups is 5. The second-order valence-electron chi connectivity index (χ2n) is 17.5. The highest BCUT2D eigenvalue weighted by atomic mass is 16.6. The summed E-state index contributed by atoms with van der Waals surface area (Å²) in [6.07, 6.45) is 3.51. The van der Waals surface area contributed by atoms with Crippen LogP contribution in [0.5, 0.6) is 0 Å². The Hall–Kier alpha value is -2.77. The molecular weight excluding hydrogens is 646 g/mol. The quantitative estimate of drug-likeness (QED) is 0.137. The molecule has 50 heavy (non-hydrogen) atoms. The zero-order chi connectivity index (χ0) is 38.0. The van der Waals surface area contributed by atoms with Crippen molar-refractivity contribution in [1.29, 1.82) is 0 Å². The number of hydrogen-bond acceptors (Lipinski definition) is 13. The summed E-state index contributed by atoms with van der Waals surface area (Å²) in [6, 6.07) is 0. The molecule has 1 aliphatic heterocycles. The zero-order valence-electron chi connectivity index (χ0n) is 32.6. The van der Waals surface area contributed by atoms with Crippen LogP contribution in [-0.4, -0.2) is 132 Å². The van der Waals surface area contributed by atoms with Gasteiger partial charge >= 0.3 is 17.9 Å². The van der Waals surface area contributed by atoms with Gasteiger partial charge in [-0.15, -0.1) is 0 Å². The lowest BCUT2D eigenvalue weighted by Crippen LogP contribution is -2.65. The van der Waals surface area contributed by atoms with Crippen molar-refractivity contribution in [2.24, 2.45) is 5.92 Å². The van der Waals surface area contributed by atoms with Crippen molar-refractivity contribution in [3.8, 4) is 0 Å². The van der Waals surface area contributed by atoms with Crippen LogP contribution in [0, 0.1) is 5.92 Å². The topological polar surface area (TPSA) is 141 Å². The Morgan fingerprint density at radius 2 is 1.20 bits per heavy atom. The monoisotopic (exact) mass is 711 g/mol.